The van der Waals surface area contributed by atoms with Crippen molar-refractivity contribution in [2.75, 3.05) is 6.61 Å². The molecule has 13 heavy (non-hydrogen) atoms. The third-order valence-electron chi connectivity index (χ3n) is 1.11. The second kappa shape index (κ2) is 13.8. The fraction of sp³-hybridized carbons (Fsp3) is 0.600. The lowest BCUT2D eigenvalue weighted by molar-refractivity contribution is 0.0923. The minimum atomic E-state index is -0.509. The number of ether oxygens (including phenoxy) is 1. The molecule has 0 heterocycles. The Labute approximate surface area is 80.4 Å². The summed E-state index contributed by atoms with van der Waals surface area (Å²) in [4.78, 5) is 0. The van der Waals surface area contributed by atoms with E-state index in [2.05, 4.69) is 0 Å². The van der Waals surface area contributed by atoms with E-state index in [1.807, 2.05) is 32.9 Å². The fourth-order valence-corrected chi connectivity index (χ4v) is 0.332. The van der Waals surface area contributed by atoms with Crippen LogP contribution in [0.4, 0.5) is 0 Å². The molecule has 0 aliphatic rings. The quantitative estimate of drug-likeness (QED) is 0.662. The number of aliphatic hydroxyl groups is 2. The zero-order chi connectivity index (χ0) is 10.5. The van der Waals surface area contributed by atoms with Gasteiger partial charge in [-0.05, 0) is 20.3 Å². The summed E-state index contributed by atoms with van der Waals surface area (Å²) in [6.07, 6.45) is 7.04. The van der Waals surface area contributed by atoms with Gasteiger partial charge < -0.3 is 14.9 Å². The summed E-state index contributed by atoms with van der Waals surface area (Å²) in [7, 11) is 0. The van der Waals surface area contributed by atoms with Crippen molar-refractivity contribution in [2.24, 2.45) is 0 Å². The maximum Gasteiger partial charge on any atom is 0.0858 e. The van der Waals surface area contributed by atoms with Gasteiger partial charge in [-0.1, -0.05) is 19.1 Å². The highest BCUT2D eigenvalue weighted by Crippen LogP contribution is 1.83. The largest absolute Gasteiger partial charge is 0.473 e. The van der Waals surface area contributed by atoms with Gasteiger partial charge in [-0.15, -0.1) is 0 Å². The Morgan fingerprint density at radius 1 is 1.23 bits per heavy atom. The molecular weight excluding hydrogens is 168 g/mol. The summed E-state index contributed by atoms with van der Waals surface area (Å²) in [5, 5.41) is 16.5. The van der Waals surface area contributed by atoms with Crippen molar-refractivity contribution in [3.05, 3.63) is 24.7 Å². The fourth-order valence-electron chi connectivity index (χ4n) is 0.332. The zero-order valence-corrected chi connectivity index (χ0v) is 8.60. The predicted molar refractivity (Wildman–Crippen MR) is 54.1 cm³/mol. The van der Waals surface area contributed by atoms with E-state index >= 15 is 0 Å². The van der Waals surface area contributed by atoms with Crippen LogP contribution in [0, 0.1) is 0 Å². The molecular formula is C10H20O3. The third kappa shape index (κ3) is 18.3. The van der Waals surface area contributed by atoms with Crippen LogP contribution in [0.1, 0.15) is 27.2 Å². The Kier molecular flexibility index (Phi) is 15.6. The molecule has 0 aromatic carbocycles. The number of hydrogen-bond acceptors (Lipinski definition) is 3. The van der Waals surface area contributed by atoms with Crippen LogP contribution in [0.2, 0.25) is 0 Å². The second-order valence-electron chi connectivity index (χ2n) is 2.32. The minimum absolute atomic E-state index is 0.115. The maximum absolute atomic E-state index is 8.42. The molecule has 3 heteroatoms. The van der Waals surface area contributed by atoms with Crippen LogP contribution in [0.15, 0.2) is 24.7 Å². The molecule has 0 saturated heterocycles. The number of allylic oxidation sites excluding steroid dienone is 2. The van der Waals surface area contributed by atoms with Crippen LogP contribution < -0.4 is 0 Å². The average molecular weight is 188 g/mol. The van der Waals surface area contributed by atoms with Crippen LogP contribution >= 0.6 is 0 Å². The Balaban J connectivity index is 0. The lowest BCUT2D eigenvalue weighted by Gasteiger charge is -1.97. The first-order valence-electron chi connectivity index (χ1n) is 4.39. The normalized spacial score (nSPS) is 12.7. The first-order valence-corrected chi connectivity index (χ1v) is 4.39. The maximum atomic E-state index is 8.42. The van der Waals surface area contributed by atoms with Gasteiger partial charge in [-0.3, -0.25) is 0 Å². The number of rotatable bonds is 4. The molecule has 0 amide bonds. The van der Waals surface area contributed by atoms with E-state index in [1.165, 1.54) is 0 Å². The molecule has 0 fully saturated rings. The average Bonchev–Trinajstić information content (AvgIpc) is 2.18. The molecule has 0 aliphatic carbocycles. The molecule has 0 saturated carbocycles. The second-order valence-corrected chi connectivity index (χ2v) is 2.32. The molecule has 0 aromatic rings. The zero-order valence-electron chi connectivity index (χ0n) is 8.60. The van der Waals surface area contributed by atoms with Gasteiger partial charge in [-0.25, -0.2) is 0 Å². The lowest BCUT2D eigenvalue weighted by Crippen LogP contribution is -2.08. The predicted octanol–water partition coefficient (Wildman–Crippen LogP) is 1.82. The van der Waals surface area contributed by atoms with Crippen molar-refractivity contribution in [1.82, 2.24) is 0 Å². The van der Waals surface area contributed by atoms with Gasteiger partial charge in [0.15, 0.2) is 0 Å². The van der Waals surface area contributed by atoms with Gasteiger partial charge >= 0.3 is 0 Å². The molecule has 78 valence electrons. The van der Waals surface area contributed by atoms with E-state index in [9.17, 15) is 0 Å². The SMILES string of the molecule is CC=COC=CC.CCC(O)CO. The highest BCUT2D eigenvalue weighted by atomic mass is 16.5. The Morgan fingerprint density at radius 2 is 1.69 bits per heavy atom. The first-order chi connectivity index (χ1) is 6.22. The van der Waals surface area contributed by atoms with Gasteiger partial charge in [0.05, 0.1) is 25.2 Å². The molecule has 0 aromatic heterocycles. The summed E-state index contributed by atoms with van der Waals surface area (Å²) in [6.45, 7) is 5.52. The van der Waals surface area contributed by atoms with Gasteiger partial charge in [0.25, 0.3) is 0 Å². The lowest BCUT2D eigenvalue weighted by atomic mass is 10.3. The highest BCUT2D eigenvalue weighted by molar-refractivity contribution is 4.73. The van der Waals surface area contributed by atoms with E-state index in [-0.39, 0.29) is 6.61 Å². The number of hydrogen-bond donors (Lipinski definition) is 2. The summed E-state index contributed by atoms with van der Waals surface area (Å²) < 4.78 is 4.77. The number of aliphatic hydroxyl groups excluding tert-OH is 2. The standard InChI is InChI=1S/C6H10O.C4H10O2/c1-3-5-7-6-4-2;1-2-4(6)3-5/h3-6H,1-2H3;4-6H,2-3H2,1H3. The van der Waals surface area contributed by atoms with Crippen molar-refractivity contribution in [3.8, 4) is 0 Å². The van der Waals surface area contributed by atoms with E-state index in [4.69, 9.17) is 14.9 Å². The molecule has 0 aliphatic heterocycles. The smallest absolute Gasteiger partial charge is 0.0858 e. The van der Waals surface area contributed by atoms with E-state index in [0.29, 0.717) is 6.42 Å². The van der Waals surface area contributed by atoms with Crippen LogP contribution in [0.5, 0.6) is 0 Å². The van der Waals surface area contributed by atoms with Crippen LogP contribution in [0.25, 0.3) is 0 Å². The monoisotopic (exact) mass is 188 g/mol. The van der Waals surface area contributed by atoms with Crippen LogP contribution in [0.3, 0.4) is 0 Å². The van der Waals surface area contributed by atoms with Gasteiger partial charge in [0, 0.05) is 0 Å². The van der Waals surface area contributed by atoms with Crippen LogP contribution in [-0.4, -0.2) is 22.9 Å². The Morgan fingerprint density at radius 3 is 1.85 bits per heavy atom. The van der Waals surface area contributed by atoms with E-state index < -0.39 is 6.10 Å². The van der Waals surface area contributed by atoms with Crippen molar-refractivity contribution < 1.29 is 14.9 Å². The van der Waals surface area contributed by atoms with Crippen molar-refractivity contribution in [2.45, 2.75) is 33.3 Å². The molecule has 1 unspecified atom stereocenters. The molecule has 0 spiro atoms. The van der Waals surface area contributed by atoms with E-state index in [1.54, 1.807) is 12.5 Å². The van der Waals surface area contributed by atoms with Gasteiger partial charge in [-0.2, -0.15) is 0 Å². The van der Waals surface area contributed by atoms with Crippen molar-refractivity contribution in [1.29, 1.82) is 0 Å². The Bertz CT molecular complexity index is 116. The first kappa shape index (κ1) is 14.7. The minimum Gasteiger partial charge on any atom is -0.473 e. The topological polar surface area (TPSA) is 49.7 Å². The summed E-state index contributed by atoms with van der Waals surface area (Å²) in [6, 6.07) is 0. The molecule has 0 bridgehead atoms. The van der Waals surface area contributed by atoms with Crippen molar-refractivity contribution >= 4 is 0 Å². The Hall–Kier alpha value is -0.800. The molecule has 0 rings (SSSR count). The summed E-state index contributed by atoms with van der Waals surface area (Å²) in [5.41, 5.74) is 0. The molecule has 0 radical (unpaired) electrons. The van der Waals surface area contributed by atoms with E-state index in [0.717, 1.165) is 0 Å². The summed E-state index contributed by atoms with van der Waals surface area (Å²) in [5.74, 6) is 0. The highest BCUT2D eigenvalue weighted by Gasteiger charge is 1.92. The molecule has 3 nitrogen and oxygen atoms in total. The van der Waals surface area contributed by atoms with Crippen LogP contribution in [-0.2, 0) is 4.74 Å². The molecule has 1 atom stereocenters. The summed E-state index contributed by atoms with van der Waals surface area (Å²) >= 11 is 0. The van der Waals surface area contributed by atoms with Crippen molar-refractivity contribution in [3.63, 3.8) is 0 Å². The van der Waals surface area contributed by atoms with Gasteiger partial charge in [0.1, 0.15) is 0 Å². The molecule has 2 N–H and O–H groups in total. The van der Waals surface area contributed by atoms with Gasteiger partial charge in [0.2, 0.25) is 0 Å². The third-order valence-corrected chi connectivity index (χ3v) is 1.11.